The van der Waals surface area contributed by atoms with Crippen molar-refractivity contribution >= 4 is 22.8 Å². The predicted molar refractivity (Wildman–Crippen MR) is 125 cm³/mol. The third-order valence-electron chi connectivity index (χ3n) is 5.40. The van der Waals surface area contributed by atoms with Gasteiger partial charge in [-0.3, -0.25) is 9.48 Å². The molecule has 0 bridgehead atoms. The second-order valence-corrected chi connectivity index (χ2v) is 8.06. The average Bonchev–Trinajstić information content (AvgIpc) is 3.27. The number of aryl methyl sites for hydroxylation is 1. The summed E-state index contributed by atoms with van der Waals surface area (Å²) < 4.78 is 35.8. The molecular weight excluding hydrogens is 458 g/mol. The van der Waals surface area contributed by atoms with E-state index in [0.29, 0.717) is 11.1 Å². The maximum absolute atomic E-state index is 14.8. The van der Waals surface area contributed by atoms with E-state index in [0.717, 1.165) is 6.07 Å². The Labute approximate surface area is 199 Å². The molecule has 0 unspecified atom stereocenters. The molecular formula is C24H24F2N6O3. The minimum atomic E-state index is -0.761. The number of benzene rings is 2. The van der Waals surface area contributed by atoms with E-state index in [9.17, 15) is 18.7 Å². The van der Waals surface area contributed by atoms with E-state index < -0.39 is 23.6 Å². The van der Waals surface area contributed by atoms with E-state index in [1.165, 1.54) is 31.5 Å². The lowest BCUT2D eigenvalue weighted by molar-refractivity contribution is 0.0942. The van der Waals surface area contributed by atoms with Gasteiger partial charge in [0.2, 0.25) is 5.95 Å². The van der Waals surface area contributed by atoms with Gasteiger partial charge in [0.1, 0.15) is 5.82 Å². The highest BCUT2D eigenvalue weighted by Crippen LogP contribution is 2.27. The van der Waals surface area contributed by atoms with Gasteiger partial charge < -0.3 is 20.5 Å². The van der Waals surface area contributed by atoms with Crippen molar-refractivity contribution in [2.75, 3.05) is 19.0 Å². The Morgan fingerprint density at radius 2 is 1.97 bits per heavy atom. The van der Waals surface area contributed by atoms with Crippen molar-refractivity contribution in [1.29, 1.82) is 0 Å². The molecule has 0 saturated heterocycles. The smallest absolute Gasteiger partial charge is 0.252 e. The molecule has 0 fully saturated rings. The van der Waals surface area contributed by atoms with Crippen LogP contribution < -0.4 is 15.4 Å². The SMILES string of the molecule is COc1ccc([C@H](NC(=O)c2cc(F)c3cnc(N[C@@H](C)CO)nc3c2)c2cnn(C)c2)cc1F. The molecule has 0 spiro atoms. The molecule has 9 nitrogen and oxygen atoms in total. The van der Waals surface area contributed by atoms with Crippen LogP contribution in [0.15, 0.2) is 48.9 Å². The molecule has 0 saturated carbocycles. The van der Waals surface area contributed by atoms with E-state index in [2.05, 4.69) is 25.7 Å². The van der Waals surface area contributed by atoms with E-state index >= 15 is 0 Å². The lowest BCUT2D eigenvalue weighted by atomic mass is 10.0. The number of methoxy groups -OCH3 is 1. The number of nitrogens with zero attached hydrogens (tertiary/aromatic N) is 4. The topological polar surface area (TPSA) is 114 Å². The van der Waals surface area contributed by atoms with E-state index in [1.54, 1.807) is 37.1 Å². The summed E-state index contributed by atoms with van der Waals surface area (Å²) in [6, 6.07) is 5.84. The number of halogens is 2. The fraction of sp³-hybridized carbons (Fsp3) is 0.250. The monoisotopic (exact) mass is 482 g/mol. The molecule has 182 valence electrons. The summed E-state index contributed by atoms with van der Waals surface area (Å²) in [5.74, 6) is -1.58. The van der Waals surface area contributed by atoms with Gasteiger partial charge in [-0.15, -0.1) is 0 Å². The minimum Gasteiger partial charge on any atom is -0.494 e. The number of hydrogen-bond donors (Lipinski definition) is 3. The zero-order valence-electron chi connectivity index (χ0n) is 19.3. The van der Waals surface area contributed by atoms with Crippen molar-refractivity contribution in [2.45, 2.75) is 19.0 Å². The number of aliphatic hydroxyl groups excluding tert-OH is 1. The molecule has 4 aromatic rings. The van der Waals surface area contributed by atoms with Crippen molar-refractivity contribution in [1.82, 2.24) is 25.1 Å². The predicted octanol–water partition coefficient (Wildman–Crippen LogP) is 2.96. The Balaban J connectivity index is 1.69. The number of hydrogen-bond acceptors (Lipinski definition) is 7. The van der Waals surface area contributed by atoms with Crippen LogP contribution in [0.25, 0.3) is 10.9 Å². The van der Waals surface area contributed by atoms with Crippen LogP contribution in [0.4, 0.5) is 14.7 Å². The molecule has 3 N–H and O–H groups in total. The molecule has 0 radical (unpaired) electrons. The zero-order valence-corrected chi connectivity index (χ0v) is 19.3. The van der Waals surface area contributed by atoms with Gasteiger partial charge in [-0.25, -0.2) is 18.7 Å². The number of fused-ring (bicyclic) bond motifs is 1. The first-order valence-corrected chi connectivity index (χ1v) is 10.8. The van der Waals surface area contributed by atoms with Crippen molar-refractivity contribution < 1.29 is 23.4 Å². The first-order chi connectivity index (χ1) is 16.8. The molecule has 0 aliphatic rings. The third-order valence-corrected chi connectivity index (χ3v) is 5.40. The molecule has 2 atom stereocenters. The Morgan fingerprint density at radius 3 is 2.63 bits per heavy atom. The maximum Gasteiger partial charge on any atom is 0.252 e. The number of ether oxygens (including phenoxy) is 1. The van der Waals surface area contributed by atoms with Gasteiger partial charge in [0, 0.05) is 36.6 Å². The summed E-state index contributed by atoms with van der Waals surface area (Å²) in [5.41, 5.74) is 1.31. The van der Waals surface area contributed by atoms with Gasteiger partial charge in [0.15, 0.2) is 11.6 Å². The van der Waals surface area contributed by atoms with Gasteiger partial charge in [-0.1, -0.05) is 6.07 Å². The van der Waals surface area contributed by atoms with Gasteiger partial charge in [0.05, 0.1) is 36.9 Å². The first kappa shape index (κ1) is 24.0. The molecule has 0 aliphatic heterocycles. The third kappa shape index (κ3) is 5.19. The van der Waals surface area contributed by atoms with E-state index in [1.807, 2.05) is 0 Å². The summed E-state index contributed by atoms with van der Waals surface area (Å²) in [4.78, 5) is 21.5. The highest BCUT2D eigenvalue weighted by Gasteiger charge is 2.22. The Bertz CT molecular complexity index is 1380. The maximum atomic E-state index is 14.8. The summed E-state index contributed by atoms with van der Waals surface area (Å²) in [6.07, 6.45) is 4.56. The van der Waals surface area contributed by atoms with Crippen LogP contribution >= 0.6 is 0 Å². The highest BCUT2D eigenvalue weighted by molar-refractivity contribution is 5.98. The molecule has 2 heterocycles. The van der Waals surface area contributed by atoms with Crippen molar-refractivity contribution in [3.05, 3.63) is 77.2 Å². The van der Waals surface area contributed by atoms with Crippen LogP contribution in [0.5, 0.6) is 5.75 Å². The van der Waals surface area contributed by atoms with Gasteiger partial charge in [0.25, 0.3) is 5.91 Å². The van der Waals surface area contributed by atoms with Crippen LogP contribution in [0.1, 0.15) is 34.5 Å². The zero-order chi connectivity index (χ0) is 25.1. The summed E-state index contributed by atoms with van der Waals surface area (Å²) >= 11 is 0. The van der Waals surface area contributed by atoms with Crippen LogP contribution in [-0.4, -0.2) is 50.5 Å². The molecule has 1 amide bonds. The van der Waals surface area contributed by atoms with Crippen LogP contribution in [0, 0.1) is 11.6 Å². The van der Waals surface area contributed by atoms with Gasteiger partial charge >= 0.3 is 0 Å². The first-order valence-electron chi connectivity index (χ1n) is 10.8. The van der Waals surface area contributed by atoms with E-state index in [4.69, 9.17) is 4.74 Å². The fourth-order valence-corrected chi connectivity index (χ4v) is 3.58. The summed E-state index contributed by atoms with van der Waals surface area (Å²) in [6.45, 7) is 1.60. The number of carbonyl (C=O) groups excluding carboxylic acids is 1. The Morgan fingerprint density at radius 1 is 1.17 bits per heavy atom. The highest BCUT2D eigenvalue weighted by atomic mass is 19.1. The molecule has 4 rings (SSSR count). The minimum absolute atomic E-state index is 0.0257. The van der Waals surface area contributed by atoms with Crippen LogP contribution in [-0.2, 0) is 7.05 Å². The van der Waals surface area contributed by atoms with Crippen LogP contribution in [0.3, 0.4) is 0 Å². The van der Waals surface area contributed by atoms with Crippen molar-refractivity contribution in [3.63, 3.8) is 0 Å². The quantitative estimate of drug-likeness (QED) is 0.354. The molecule has 0 aliphatic carbocycles. The van der Waals surface area contributed by atoms with Crippen LogP contribution in [0.2, 0.25) is 0 Å². The number of rotatable bonds is 8. The average molecular weight is 482 g/mol. The largest absolute Gasteiger partial charge is 0.494 e. The fourth-order valence-electron chi connectivity index (χ4n) is 3.58. The van der Waals surface area contributed by atoms with E-state index in [-0.39, 0.29) is 40.8 Å². The summed E-state index contributed by atoms with van der Waals surface area (Å²) in [7, 11) is 3.08. The Kier molecular flexibility index (Phi) is 6.87. The van der Waals surface area contributed by atoms with Gasteiger partial charge in [-0.2, -0.15) is 5.10 Å². The molecule has 2 aromatic carbocycles. The lowest BCUT2D eigenvalue weighted by Crippen LogP contribution is -2.29. The second kappa shape index (κ2) is 10.0. The standard InChI is InChI=1S/C24H24F2N6O3/c1-13(12-33)29-24-27-10-17-18(25)7-15(8-20(17)30-24)23(34)31-22(16-9-28-32(2)11-16)14-4-5-21(35-3)19(26)6-14/h4-11,13,22,33H,12H2,1-3H3,(H,31,34)(H,27,29,30)/t13-,22-/m0/s1. The number of aromatic nitrogens is 4. The lowest BCUT2D eigenvalue weighted by Gasteiger charge is -2.19. The van der Waals surface area contributed by atoms with Crippen molar-refractivity contribution in [3.8, 4) is 5.75 Å². The molecule has 35 heavy (non-hydrogen) atoms. The normalized spacial score (nSPS) is 12.9. The molecule has 2 aromatic heterocycles. The van der Waals surface area contributed by atoms with Gasteiger partial charge in [-0.05, 0) is 36.8 Å². The van der Waals surface area contributed by atoms with Crippen molar-refractivity contribution in [2.24, 2.45) is 7.05 Å². The summed E-state index contributed by atoms with van der Waals surface area (Å²) in [5, 5.41) is 19.2. The number of aliphatic hydroxyl groups is 1. The molecule has 11 heteroatoms. The number of amides is 1. The number of nitrogens with one attached hydrogen (secondary N) is 2. The number of anilines is 1. The second-order valence-electron chi connectivity index (χ2n) is 8.06. The number of carbonyl (C=O) groups is 1. The Hall–Kier alpha value is -4.12.